The van der Waals surface area contributed by atoms with Crippen LogP contribution in [0.5, 0.6) is 0 Å². The van der Waals surface area contributed by atoms with E-state index in [1.807, 2.05) is 6.08 Å². The van der Waals surface area contributed by atoms with Crippen molar-refractivity contribution in [1.82, 2.24) is 10.2 Å². The maximum absolute atomic E-state index is 6.09. The van der Waals surface area contributed by atoms with Crippen molar-refractivity contribution in [2.24, 2.45) is 0 Å². The Hall–Kier alpha value is -0.420. The van der Waals surface area contributed by atoms with Crippen molar-refractivity contribution in [1.29, 1.82) is 0 Å². The van der Waals surface area contributed by atoms with E-state index in [1.165, 1.54) is 0 Å². The van der Waals surface area contributed by atoms with Crippen molar-refractivity contribution in [2.75, 3.05) is 39.9 Å². The molecule has 112 valence electrons. The molecule has 1 rings (SSSR count). The van der Waals surface area contributed by atoms with Crippen LogP contribution in [0.1, 0.15) is 26.7 Å². The van der Waals surface area contributed by atoms with Crippen LogP contribution in [-0.4, -0.2) is 63.0 Å². The SMILES string of the molecule is C=CCN(CCOC)CC1CCC(CNC(C)C)O1. The zero-order chi connectivity index (χ0) is 14.1. The lowest BCUT2D eigenvalue weighted by atomic mass is 10.2. The summed E-state index contributed by atoms with van der Waals surface area (Å²) >= 11 is 0. The number of ether oxygens (including phenoxy) is 2. The molecular formula is C15H30N2O2. The summed E-state index contributed by atoms with van der Waals surface area (Å²) in [6.45, 7) is 12.7. The van der Waals surface area contributed by atoms with Gasteiger partial charge in [-0.25, -0.2) is 0 Å². The van der Waals surface area contributed by atoms with Crippen LogP contribution in [0, 0.1) is 0 Å². The van der Waals surface area contributed by atoms with Gasteiger partial charge in [-0.2, -0.15) is 0 Å². The Kier molecular flexibility index (Phi) is 8.30. The average molecular weight is 270 g/mol. The summed E-state index contributed by atoms with van der Waals surface area (Å²) in [4.78, 5) is 2.35. The first-order chi connectivity index (χ1) is 9.15. The third-order valence-corrected chi connectivity index (χ3v) is 3.41. The first-order valence-corrected chi connectivity index (χ1v) is 7.36. The second-order valence-corrected chi connectivity index (χ2v) is 5.56. The molecule has 0 aromatic heterocycles. The van der Waals surface area contributed by atoms with E-state index in [9.17, 15) is 0 Å². The Labute approximate surface area is 118 Å². The minimum absolute atomic E-state index is 0.357. The number of hydrogen-bond acceptors (Lipinski definition) is 4. The van der Waals surface area contributed by atoms with Crippen LogP contribution in [-0.2, 0) is 9.47 Å². The molecule has 0 aromatic carbocycles. The van der Waals surface area contributed by atoms with Crippen molar-refractivity contribution >= 4 is 0 Å². The third-order valence-electron chi connectivity index (χ3n) is 3.41. The van der Waals surface area contributed by atoms with Gasteiger partial charge in [-0.1, -0.05) is 19.9 Å². The molecule has 0 spiro atoms. The molecule has 1 fully saturated rings. The summed E-state index contributed by atoms with van der Waals surface area (Å²) in [5, 5.41) is 3.45. The molecule has 0 saturated carbocycles. The van der Waals surface area contributed by atoms with Crippen molar-refractivity contribution < 1.29 is 9.47 Å². The highest BCUT2D eigenvalue weighted by molar-refractivity contribution is 4.81. The van der Waals surface area contributed by atoms with Gasteiger partial charge in [-0.3, -0.25) is 4.90 Å². The van der Waals surface area contributed by atoms with Crippen molar-refractivity contribution in [3.8, 4) is 0 Å². The molecular weight excluding hydrogens is 240 g/mol. The van der Waals surface area contributed by atoms with Gasteiger partial charge in [0, 0.05) is 39.3 Å². The summed E-state index contributed by atoms with van der Waals surface area (Å²) in [5.74, 6) is 0. The Morgan fingerprint density at radius 2 is 2.16 bits per heavy atom. The van der Waals surface area contributed by atoms with Crippen LogP contribution in [0.2, 0.25) is 0 Å². The Morgan fingerprint density at radius 1 is 1.42 bits per heavy atom. The molecule has 4 heteroatoms. The van der Waals surface area contributed by atoms with E-state index < -0.39 is 0 Å². The van der Waals surface area contributed by atoms with Gasteiger partial charge in [0.15, 0.2) is 0 Å². The number of rotatable bonds is 10. The third kappa shape index (κ3) is 7.06. The molecule has 19 heavy (non-hydrogen) atoms. The number of hydrogen-bond donors (Lipinski definition) is 1. The quantitative estimate of drug-likeness (QED) is 0.612. The molecule has 1 aliphatic rings. The van der Waals surface area contributed by atoms with Crippen molar-refractivity contribution in [3.63, 3.8) is 0 Å². The lowest BCUT2D eigenvalue weighted by Crippen LogP contribution is -2.36. The molecule has 0 amide bonds. The largest absolute Gasteiger partial charge is 0.383 e. The Morgan fingerprint density at radius 3 is 2.79 bits per heavy atom. The van der Waals surface area contributed by atoms with Crippen LogP contribution in [0.3, 0.4) is 0 Å². The highest BCUT2D eigenvalue weighted by Crippen LogP contribution is 2.20. The van der Waals surface area contributed by atoms with Gasteiger partial charge in [-0.05, 0) is 12.8 Å². The van der Waals surface area contributed by atoms with Crippen LogP contribution in [0.15, 0.2) is 12.7 Å². The smallest absolute Gasteiger partial charge is 0.0707 e. The molecule has 2 atom stereocenters. The van der Waals surface area contributed by atoms with E-state index in [4.69, 9.17) is 9.47 Å². The van der Waals surface area contributed by atoms with E-state index in [0.717, 1.165) is 45.6 Å². The van der Waals surface area contributed by atoms with Crippen molar-refractivity contribution in [3.05, 3.63) is 12.7 Å². The van der Waals surface area contributed by atoms with Crippen LogP contribution in [0.25, 0.3) is 0 Å². The average Bonchev–Trinajstić information content (AvgIpc) is 2.81. The van der Waals surface area contributed by atoms with Gasteiger partial charge in [0.25, 0.3) is 0 Å². The zero-order valence-corrected chi connectivity index (χ0v) is 12.7. The van der Waals surface area contributed by atoms with Gasteiger partial charge in [0.05, 0.1) is 18.8 Å². The summed E-state index contributed by atoms with van der Waals surface area (Å²) in [6.07, 6.45) is 5.00. The van der Waals surface area contributed by atoms with Gasteiger partial charge < -0.3 is 14.8 Å². The second kappa shape index (κ2) is 9.48. The molecule has 1 aliphatic heterocycles. The second-order valence-electron chi connectivity index (χ2n) is 5.56. The summed E-state index contributed by atoms with van der Waals surface area (Å²) in [5.41, 5.74) is 0. The molecule has 2 unspecified atom stereocenters. The standard InChI is InChI=1S/C15H30N2O2/c1-5-8-17(9-10-18-4)12-15-7-6-14(19-15)11-16-13(2)3/h5,13-16H,1,6-12H2,2-4H3. The highest BCUT2D eigenvalue weighted by Gasteiger charge is 2.26. The molecule has 4 nitrogen and oxygen atoms in total. The molecule has 1 heterocycles. The normalized spacial score (nSPS) is 23.4. The van der Waals surface area contributed by atoms with Gasteiger partial charge >= 0.3 is 0 Å². The molecule has 1 saturated heterocycles. The molecule has 0 bridgehead atoms. The minimum Gasteiger partial charge on any atom is -0.383 e. The maximum Gasteiger partial charge on any atom is 0.0707 e. The Balaban J connectivity index is 2.26. The fourth-order valence-electron chi connectivity index (χ4n) is 2.38. The molecule has 0 radical (unpaired) electrons. The molecule has 0 aromatic rings. The van der Waals surface area contributed by atoms with Crippen LogP contribution in [0.4, 0.5) is 0 Å². The minimum atomic E-state index is 0.357. The fourth-order valence-corrected chi connectivity index (χ4v) is 2.38. The monoisotopic (exact) mass is 270 g/mol. The van der Waals surface area contributed by atoms with E-state index in [0.29, 0.717) is 18.2 Å². The highest BCUT2D eigenvalue weighted by atomic mass is 16.5. The van der Waals surface area contributed by atoms with E-state index in [2.05, 4.69) is 30.6 Å². The maximum atomic E-state index is 6.09. The van der Waals surface area contributed by atoms with Gasteiger partial charge in [0.1, 0.15) is 0 Å². The van der Waals surface area contributed by atoms with Crippen molar-refractivity contribution in [2.45, 2.75) is 44.9 Å². The zero-order valence-electron chi connectivity index (χ0n) is 12.7. The number of nitrogens with zero attached hydrogens (tertiary/aromatic N) is 1. The van der Waals surface area contributed by atoms with Crippen LogP contribution < -0.4 is 5.32 Å². The summed E-state index contributed by atoms with van der Waals surface area (Å²) in [7, 11) is 1.74. The fraction of sp³-hybridized carbons (Fsp3) is 0.867. The van der Waals surface area contributed by atoms with Crippen LogP contribution >= 0.6 is 0 Å². The number of nitrogens with one attached hydrogen (secondary N) is 1. The number of methoxy groups -OCH3 is 1. The topological polar surface area (TPSA) is 33.7 Å². The first kappa shape index (κ1) is 16.6. The van der Waals surface area contributed by atoms with Gasteiger partial charge in [0.2, 0.25) is 0 Å². The first-order valence-electron chi connectivity index (χ1n) is 7.36. The van der Waals surface area contributed by atoms with E-state index in [-0.39, 0.29) is 0 Å². The van der Waals surface area contributed by atoms with E-state index >= 15 is 0 Å². The lowest BCUT2D eigenvalue weighted by Gasteiger charge is -2.24. The predicted molar refractivity (Wildman–Crippen MR) is 79.5 cm³/mol. The predicted octanol–water partition coefficient (Wildman–Crippen LogP) is 1.67. The lowest BCUT2D eigenvalue weighted by molar-refractivity contribution is 0.0205. The Bertz CT molecular complexity index is 246. The van der Waals surface area contributed by atoms with Gasteiger partial charge in [-0.15, -0.1) is 6.58 Å². The molecule has 1 N–H and O–H groups in total. The van der Waals surface area contributed by atoms with E-state index in [1.54, 1.807) is 7.11 Å². The molecule has 0 aliphatic carbocycles. The summed E-state index contributed by atoms with van der Waals surface area (Å²) < 4.78 is 11.2. The summed E-state index contributed by atoms with van der Waals surface area (Å²) in [6, 6.07) is 0.529.